The number of rotatable bonds is 6. The topological polar surface area (TPSA) is 28.7 Å². The highest BCUT2D eigenvalue weighted by Crippen LogP contribution is 2.32. The molecule has 0 aliphatic carbocycles. The van der Waals surface area contributed by atoms with E-state index in [1.165, 1.54) is 24.8 Å². The zero-order valence-corrected chi connectivity index (χ0v) is 12.2. The van der Waals surface area contributed by atoms with Crippen molar-refractivity contribution in [2.75, 3.05) is 0 Å². The number of hydrogen-bond donors (Lipinski definition) is 1. The van der Waals surface area contributed by atoms with Crippen molar-refractivity contribution in [3.63, 3.8) is 0 Å². The molecule has 2 heteroatoms. The maximum atomic E-state index is 4.63. The van der Waals surface area contributed by atoms with Crippen LogP contribution < -0.4 is 0 Å². The van der Waals surface area contributed by atoms with E-state index in [1.54, 1.807) is 0 Å². The van der Waals surface area contributed by atoms with Crippen LogP contribution in [-0.2, 0) is 5.41 Å². The summed E-state index contributed by atoms with van der Waals surface area (Å²) in [6, 6.07) is 10.4. The Labute approximate surface area is 116 Å². The smallest absolute Gasteiger partial charge is 0.112 e. The van der Waals surface area contributed by atoms with E-state index in [1.807, 2.05) is 12.3 Å². The van der Waals surface area contributed by atoms with Gasteiger partial charge in [0.1, 0.15) is 5.82 Å². The van der Waals surface area contributed by atoms with Crippen molar-refractivity contribution in [3.05, 3.63) is 42.4 Å². The first-order chi connectivity index (χ1) is 9.19. The summed E-state index contributed by atoms with van der Waals surface area (Å²) < 4.78 is 0. The van der Waals surface area contributed by atoms with Gasteiger partial charge < -0.3 is 4.98 Å². The molecular weight excluding hydrogens is 232 g/mol. The van der Waals surface area contributed by atoms with E-state index in [2.05, 4.69) is 55.0 Å². The van der Waals surface area contributed by atoms with E-state index in [0.717, 1.165) is 17.9 Å². The average molecular weight is 256 g/mol. The van der Waals surface area contributed by atoms with Crippen LogP contribution in [0.5, 0.6) is 0 Å². The zero-order chi connectivity index (χ0) is 13.7. The molecule has 0 fully saturated rings. The van der Waals surface area contributed by atoms with Crippen LogP contribution in [0.1, 0.15) is 52.3 Å². The van der Waals surface area contributed by atoms with Crippen molar-refractivity contribution in [1.29, 1.82) is 0 Å². The Balaban J connectivity index is 2.24. The lowest BCUT2D eigenvalue weighted by Crippen LogP contribution is -2.22. The molecule has 1 aromatic heterocycles. The molecule has 0 bridgehead atoms. The third kappa shape index (κ3) is 3.06. The van der Waals surface area contributed by atoms with E-state index >= 15 is 0 Å². The molecule has 1 heterocycles. The average Bonchev–Trinajstić information content (AvgIpc) is 2.96. The molecule has 2 nitrogen and oxygen atoms in total. The van der Waals surface area contributed by atoms with Crippen molar-refractivity contribution in [3.8, 4) is 11.3 Å². The Kier molecular flexibility index (Phi) is 4.41. The van der Waals surface area contributed by atoms with Crippen LogP contribution in [0.2, 0.25) is 0 Å². The Morgan fingerprint density at radius 3 is 2.53 bits per heavy atom. The van der Waals surface area contributed by atoms with Gasteiger partial charge in [0.05, 0.1) is 11.9 Å². The number of nitrogens with zero attached hydrogens (tertiary/aromatic N) is 1. The quantitative estimate of drug-likeness (QED) is 0.779. The van der Waals surface area contributed by atoms with Gasteiger partial charge in [0.2, 0.25) is 0 Å². The Bertz CT molecular complexity index is 501. The fourth-order valence-electron chi connectivity index (χ4n) is 2.42. The number of benzene rings is 1. The van der Waals surface area contributed by atoms with Crippen molar-refractivity contribution in [2.24, 2.45) is 0 Å². The molecule has 1 unspecified atom stereocenters. The molecule has 0 aliphatic rings. The Morgan fingerprint density at radius 1 is 1.16 bits per heavy atom. The van der Waals surface area contributed by atoms with E-state index in [-0.39, 0.29) is 5.41 Å². The van der Waals surface area contributed by atoms with Crippen molar-refractivity contribution in [1.82, 2.24) is 9.97 Å². The molecule has 0 saturated carbocycles. The van der Waals surface area contributed by atoms with Gasteiger partial charge in [-0.1, -0.05) is 63.9 Å². The minimum absolute atomic E-state index is 0.170. The van der Waals surface area contributed by atoms with Crippen LogP contribution >= 0.6 is 0 Å². The predicted molar refractivity (Wildman–Crippen MR) is 81.2 cm³/mol. The highest BCUT2D eigenvalue weighted by atomic mass is 14.9. The molecule has 0 radical (unpaired) electrons. The van der Waals surface area contributed by atoms with Gasteiger partial charge in [-0.25, -0.2) is 4.98 Å². The van der Waals surface area contributed by atoms with Crippen LogP contribution in [0.3, 0.4) is 0 Å². The number of aromatic amines is 1. The SMILES string of the molecule is CCCCC(C)(CC)c1ncc(-c2ccccc2)[nH]1. The number of aromatic nitrogens is 2. The number of nitrogens with one attached hydrogen (secondary N) is 1. The predicted octanol–water partition coefficient (Wildman–Crippen LogP) is 4.93. The van der Waals surface area contributed by atoms with Crippen LogP contribution in [-0.4, -0.2) is 9.97 Å². The first-order valence-corrected chi connectivity index (χ1v) is 7.30. The molecule has 0 saturated heterocycles. The minimum atomic E-state index is 0.170. The van der Waals surface area contributed by atoms with Gasteiger partial charge in [0.15, 0.2) is 0 Å². The van der Waals surface area contributed by atoms with E-state index in [9.17, 15) is 0 Å². The largest absolute Gasteiger partial charge is 0.342 e. The molecule has 102 valence electrons. The van der Waals surface area contributed by atoms with Crippen LogP contribution in [0.4, 0.5) is 0 Å². The molecule has 1 atom stereocenters. The maximum Gasteiger partial charge on any atom is 0.112 e. The van der Waals surface area contributed by atoms with Crippen LogP contribution in [0.15, 0.2) is 36.5 Å². The lowest BCUT2D eigenvalue weighted by atomic mass is 9.81. The van der Waals surface area contributed by atoms with Gasteiger partial charge in [-0.05, 0) is 18.4 Å². The first kappa shape index (κ1) is 13.9. The van der Waals surface area contributed by atoms with E-state index in [4.69, 9.17) is 0 Å². The maximum absolute atomic E-state index is 4.63. The van der Waals surface area contributed by atoms with Crippen molar-refractivity contribution < 1.29 is 0 Å². The lowest BCUT2D eigenvalue weighted by molar-refractivity contribution is 0.383. The summed E-state index contributed by atoms with van der Waals surface area (Å²) in [5, 5.41) is 0. The summed E-state index contributed by atoms with van der Waals surface area (Å²) >= 11 is 0. The fraction of sp³-hybridized carbons (Fsp3) is 0.471. The summed E-state index contributed by atoms with van der Waals surface area (Å²) in [6.45, 7) is 6.81. The molecule has 2 aromatic rings. The third-order valence-electron chi connectivity index (χ3n) is 4.09. The molecule has 19 heavy (non-hydrogen) atoms. The summed E-state index contributed by atoms with van der Waals surface area (Å²) in [6.07, 6.45) is 6.77. The number of unbranched alkanes of at least 4 members (excludes halogenated alkanes) is 1. The monoisotopic (exact) mass is 256 g/mol. The van der Waals surface area contributed by atoms with Gasteiger partial charge in [-0.3, -0.25) is 0 Å². The van der Waals surface area contributed by atoms with Crippen LogP contribution in [0.25, 0.3) is 11.3 Å². The molecule has 2 rings (SSSR count). The molecule has 0 spiro atoms. The summed E-state index contributed by atoms with van der Waals surface area (Å²) in [7, 11) is 0. The highest BCUT2D eigenvalue weighted by molar-refractivity contribution is 5.58. The second-order valence-corrected chi connectivity index (χ2v) is 5.53. The highest BCUT2D eigenvalue weighted by Gasteiger charge is 2.27. The minimum Gasteiger partial charge on any atom is -0.342 e. The van der Waals surface area contributed by atoms with Crippen molar-refractivity contribution >= 4 is 0 Å². The van der Waals surface area contributed by atoms with Gasteiger partial charge in [-0.2, -0.15) is 0 Å². The van der Waals surface area contributed by atoms with E-state index < -0.39 is 0 Å². The summed E-state index contributed by atoms with van der Waals surface area (Å²) in [5.41, 5.74) is 2.49. The van der Waals surface area contributed by atoms with Gasteiger partial charge in [0, 0.05) is 5.41 Å². The lowest BCUT2D eigenvalue weighted by Gasteiger charge is -2.25. The molecule has 1 N–H and O–H groups in total. The number of imidazole rings is 1. The molecular formula is C17H24N2. The van der Waals surface area contributed by atoms with Crippen LogP contribution in [0, 0.1) is 0 Å². The third-order valence-corrected chi connectivity index (χ3v) is 4.09. The molecule has 0 amide bonds. The Hall–Kier alpha value is -1.57. The normalized spacial score (nSPS) is 14.3. The second kappa shape index (κ2) is 6.05. The van der Waals surface area contributed by atoms with E-state index in [0.29, 0.717) is 0 Å². The standard InChI is InChI=1S/C17H24N2/c1-4-6-12-17(3,5-2)16-18-13-15(19-16)14-10-8-7-9-11-14/h7-11,13H,4-6,12H2,1-3H3,(H,18,19). The zero-order valence-electron chi connectivity index (χ0n) is 12.2. The Morgan fingerprint density at radius 2 is 1.89 bits per heavy atom. The van der Waals surface area contributed by atoms with Gasteiger partial charge in [0.25, 0.3) is 0 Å². The fourth-order valence-corrected chi connectivity index (χ4v) is 2.42. The second-order valence-electron chi connectivity index (χ2n) is 5.53. The van der Waals surface area contributed by atoms with Gasteiger partial charge in [-0.15, -0.1) is 0 Å². The molecule has 0 aliphatic heterocycles. The summed E-state index contributed by atoms with van der Waals surface area (Å²) in [4.78, 5) is 8.15. The number of hydrogen-bond acceptors (Lipinski definition) is 1. The van der Waals surface area contributed by atoms with Crippen molar-refractivity contribution in [2.45, 2.75) is 51.9 Å². The number of H-pyrrole nitrogens is 1. The van der Waals surface area contributed by atoms with Gasteiger partial charge >= 0.3 is 0 Å². The first-order valence-electron chi connectivity index (χ1n) is 7.30. The summed E-state index contributed by atoms with van der Waals surface area (Å²) in [5.74, 6) is 1.13. The molecule has 1 aromatic carbocycles.